The minimum Gasteiger partial charge on any atom is -0.496 e. The zero-order chi connectivity index (χ0) is 14.5. The Kier molecular flexibility index (Phi) is 5.44. The van der Waals surface area contributed by atoms with Gasteiger partial charge in [-0.1, -0.05) is 26.8 Å². The van der Waals surface area contributed by atoms with E-state index >= 15 is 0 Å². The van der Waals surface area contributed by atoms with Crippen LogP contribution in [0.15, 0.2) is 18.2 Å². The van der Waals surface area contributed by atoms with Crippen molar-refractivity contribution in [3.05, 3.63) is 29.3 Å². The monoisotopic (exact) mass is 276 g/mol. The number of nitrogens with zero attached hydrogens (tertiary/aromatic N) is 1. The maximum atomic E-state index is 5.52. The molecule has 1 aromatic carbocycles. The van der Waals surface area contributed by atoms with E-state index in [4.69, 9.17) is 4.74 Å². The van der Waals surface area contributed by atoms with E-state index in [0.29, 0.717) is 0 Å². The molecule has 3 nitrogen and oxygen atoms in total. The minimum atomic E-state index is 0.797. The molecule has 2 atom stereocenters. The Balaban J connectivity index is 2.08. The molecule has 0 saturated carbocycles. The Hall–Kier alpha value is -1.06. The summed E-state index contributed by atoms with van der Waals surface area (Å²) in [5.41, 5.74) is 2.65. The maximum absolute atomic E-state index is 5.52. The first-order valence-electron chi connectivity index (χ1n) is 7.72. The van der Waals surface area contributed by atoms with Gasteiger partial charge in [0.15, 0.2) is 0 Å². The van der Waals surface area contributed by atoms with Crippen LogP contribution >= 0.6 is 0 Å². The molecule has 20 heavy (non-hydrogen) atoms. The van der Waals surface area contributed by atoms with Gasteiger partial charge in [-0.3, -0.25) is 4.90 Å². The molecule has 1 N–H and O–H groups in total. The summed E-state index contributed by atoms with van der Waals surface area (Å²) in [4.78, 5) is 2.55. The van der Waals surface area contributed by atoms with E-state index in [2.05, 4.69) is 49.2 Å². The molecule has 1 saturated heterocycles. The Morgan fingerprint density at radius 2 is 1.95 bits per heavy atom. The molecule has 0 amide bonds. The van der Waals surface area contributed by atoms with Crippen molar-refractivity contribution in [2.75, 3.05) is 26.7 Å². The summed E-state index contributed by atoms with van der Waals surface area (Å²) >= 11 is 0. The standard InChI is InChI=1S/C17H28N2O/c1-5-18-9-15-6-7-17(20-4)16(8-15)12-19-10-13(2)14(3)11-19/h6-8,13-14,18H,5,9-12H2,1-4H3. The number of hydrogen-bond acceptors (Lipinski definition) is 3. The van der Waals surface area contributed by atoms with Gasteiger partial charge in [0.2, 0.25) is 0 Å². The van der Waals surface area contributed by atoms with Crippen molar-refractivity contribution in [2.45, 2.75) is 33.9 Å². The number of ether oxygens (including phenoxy) is 1. The highest BCUT2D eigenvalue weighted by Gasteiger charge is 2.26. The van der Waals surface area contributed by atoms with E-state index in [1.165, 1.54) is 24.2 Å². The topological polar surface area (TPSA) is 24.5 Å². The number of methoxy groups -OCH3 is 1. The van der Waals surface area contributed by atoms with Crippen LogP contribution in [0.25, 0.3) is 0 Å². The molecule has 1 heterocycles. The fraction of sp³-hybridized carbons (Fsp3) is 0.647. The zero-order valence-electron chi connectivity index (χ0n) is 13.3. The highest BCUT2D eigenvalue weighted by Crippen LogP contribution is 2.27. The Bertz CT molecular complexity index is 423. The summed E-state index contributed by atoms with van der Waals surface area (Å²) in [5, 5.41) is 3.38. The van der Waals surface area contributed by atoms with Crippen molar-refractivity contribution in [3.63, 3.8) is 0 Å². The molecule has 1 aliphatic heterocycles. The highest BCUT2D eigenvalue weighted by molar-refractivity contribution is 5.37. The lowest BCUT2D eigenvalue weighted by Crippen LogP contribution is -2.21. The van der Waals surface area contributed by atoms with Gasteiger partial charge in [-0.05, 0) is 36.1 Å². The summed E-state index contributed by atoms with van der Waals surface area (Å²) in [5.74, 6) is 2.61. The molecule has 0 aliphatic carbocycles. The van der Waals surface area contributed by atoms with E-state index in [9.17, 15) is 0 Å². The van der Waals surface area contributed by atoms with Gasteiger partial charge in [0.1, 0.15) is 5.75 Å². The van der Waals surface area contributed by atoms with Crippen molar-refractivity contribution in [1.29, 1.82) is 0 Å². The number of hydrogen-bond donors (Lipinski definition) is 1. The lowest BCUT2D eigenvalue weighted by atomic mass is 10.0. The largest absolute Gasteiger partial charge is 0.496 e. The van der Waals surface area contributed by atoms with E-state index in [1.54, 1.807) is 7.11 Å². The molecule has 0 aromatic heterocycles. The van der Waals surface area contributed by atoms with Gasteiger partial charge in [0.25, 0.3) is 0 Å². The normalized spacial score (nSPS) is 23.2. The van der Waals surface area contributed by atoms with Crippen LogP contribution in [0, 0.1) is 11.8 Å². The smallest absolute Gasteiger partial charge is 0.123 e. The number of nitrogens with one attached hydrogen (secondary N) is 1. The van der Waals surface area contributed by atoms with E-state index in [0.717, 1.165) is 37.2 Å². The van der Waals surface area contributed by atoms with Crippen LogP contribution in [0.2, 0.25) is 0 Å². The molecule has 1 aromatic rings. The second kappa shape index (κ2) is 7.09. The van der Waals surface area contributed by atoms with Gasteiger partial charge >= 0.3 is 0 Å². The lowest BCUT2D eigenvalue weighted by molar-refractivity contribution is 0.307. The number of likely N-dealkylation sites (tertiary alicyclic amines) is 1. The van der Waals surface area contributed by atoms with E-state index in [1.807, 2.05) is 0 Å². The zero-order valence-corrected chi connectivity index (χ0v) is 13.3. The summed E-state index contributed by atoms with van der Waals surface area (Å²) in [6, 6.07) is 6.54. The van der Waals surface area contributed by atoms with Gasteiger partial charge in [0, 0.05) is 31.7 Å². The summed E-state index contributed by atoms with van der Waals surface area (Å²) in [6.07, 6.45) is 0. The molecule has 2 rings (SSSR count). The van der Waals surface area contributed by atoms with Crippen molar-refractivity contribution in [2.24, 2.45) is 11.8 Å². The minimum absolute atomic E-state index is 0.797. The molecule has 0 spiro atoms. The molecule has 0 radical (unpaired) electrons. The van der Waals surface area contributed by atoms with Crippen molar-refractivity contribution >= 4 is 0 Å². The predicted molar refractivity (Wildman–Crippen MR) is 84.0 cm³/mol. The Morgan fingerprint density at radius 3 is 2.55 bits per heavy atom. The fourth-order valence-corrected chi connectivity index (χ4v) is 2.95. The van der Waals surface area contributed by atoms with Crippen molar-refractivity contribution < 1.29 is 4.74 Å². The first kappa shape index (κ1) is 15.3. The second-order valence-electron chi connectivity index (χ2n) is 6.08. The molecule has 112 valence electrons. The van der Waals surface area contributed by atoms with Gasteiger partial charge in [0.05, 0.1) is 7.11 Å². The van der Waals surface area contributed by atoms with Gasteiger partial charge in [-0.25, -0.2) is 0 Å². The van der Waals surface area contributed by atoms with Crippen molar-refractivity contribution in [3.8, 4) is 5.75 Å². The van der Waals surface area contributed by atoms with E-state index in [-0.39, 0.29) is 0 Å². The first-order valence-corrected chi connectivity index (χ1v) is 7.72. The molecular formula is C17H28N2O. The number of benzene rings is 1. The van der Waals surface area contributed by atoms with Crippen LogP contribution in [-0.2, 0) is 13.1 Å². The third-order valence-electron chi connectivity index (χ3n) is 4.38. The fourth-order valence-electron chi connectivity index (χ4n) is 2.95. The second-order valence-corrected chi connectivity index (χ2v) is 6.08. The molecular weight excluding hydrogens is 248 g/mol. The molecule has 0 bridgehead atoms. The Labute approximate surface area is 123 Å². The van der Waals surface area contributed by atoms with Crippen LogP contribution in [0.1, 0.15) is 31.9 Å². The van der Waals surface area contributed by atoms with Crippen LogP contribution in [0.5, 0.6) is 5.75 Å². The van der Waals surface area contributed by atoms with Gasteiger partial charge in [-0.15, -0.1) is 0 Å². The first-order chi connectivity index (χ1) is 9.63. The highest BCUT2D eigenvalue weighted by atomic mass is 16.5. The van der Waals surface area contributed by atoms with Gasteiger partial charge in [-0.2, -0.15) is 0 Å². The molecule has 3 heteroatoms. The lowest BCUT2D eigenvalue weighted by Gasteiger charge is -2.18. The molecule has 1 fully saturated rings. The average Bonchev–Trinajstić information content (AvgIpc) is 2.75. The van der Waals surface area contributed by atoms with Crippen LogP contribution in [-0.4, -0.2) is 31.6 Å². The molecule has 1 aliphatic rings. The Morgan fingerprint density at radius 1 is 1.25 bits per heavy atom. The third-order valence-corrected chi connectivity index (χ3v) is 4.38. The SMILES string of the molecule is CCNCc1ccc(OC)c(CN2CC(C)C(C)C2)c1. The number of rotatable bonds is 6. The van der Waals surface area contributed by atoms with Gasteiger partial charge < -0.3 is 10.1 Å². The third kappa shape index (κ3) is 3.74. The summed E-state index contributed by atoms with van der Waals surface area (Å²) in [6.45, 7) is 12.2. The van der Waals surface area contributed by atoms with Crippen LogP contribution in [0.3, 0.4) is 0 Å². The van der Waals surface area contributed by atoms with Crippen molar-refractivity contribution in [1.82, 2.24) is 10.2 Å². The van der Waals surface area contributed by atoms with E-state index < -0.39 is 0 Å². The predicted octanol–water partition coefficient (Wildman–Crippen LogP) is 2.89. The van der Waals surface area contributed by atoms with Crippen LogP contribution < -0.4 is 10.1 Å². The average molecular weight is 276 g/mol. The summed E-state index contributed by atoms with van der Waals surface area (Å²) in [7, 11) is 1.76. The summed E-state index contributed by atoms with van der Waals surface area (Å²) < 4.78 is 5.52. The van der Waals surface area contributed by atoms with Crippen LogP contribution in [0.4, 0.5) is 0 Å². The molecule has 2 unspecified atom stereocenters. The quantitative estimate of drug-likeness (QED) is 0.864. The maximum Gasteiger partial charge on any atom is 0.123 e.